The van der Waals surface area contributed by atoms with Gasteiger partial charge in [0.2, 0.25) is 5.95 Å². The molecule has 2 aliphatic heterocycles. The minimum atomic E-state index is -4.48. The van der Waals surface area contributed by atoms with Gasteiger partial charge < -0.3 is 20.3 Å². The molecule has 1 atom stereocenters. The van der Waals surface area contributed by atoms with E-state index in [0.29, 0.717) is 19.0 Å². The van der Waals surface area contributed by atoms with Crippen molar-refractivity contribution in [3.63, 3.8) is 0 Å². The van der Waals surface area contributed by atoms with Crippen molar-refractivity contribution in [1.82, 2.24) is 25.1 Å². The van der Waals surface area contributed by atoms with Crippen LogP contribution in [0.15, 0.2) is 17.3 Å². The number of aliphatic imine (C=N–C) groups is 1. The van der Waals surface area contributed by atoms with Gasteiger partial charge in [-0.15, -0.1) is 24.0 Å². The Morgan fingerprint density at radius 1 is 1.27 bits per heavy atom. The molecule has 2 fully saturated rings. The molecular formula is C18H29F3IN7O. The first-order valence-electron chi connectivity index (χ1n) is 9.85. The van der Waals surface area contributed by atoms with Crippen LogP contribution in [0.5, 0.6) is 0 Å². The number of aromatic nitrogens is 2. The number of hydrogen-bond acceptors (Lipinski definition) is 6. The number of guanidine groups is 1. The Morgan fingerprint density at radius 3 is 2.73 bits per heavy atom. The third-order valence-electron chi connectivity index (χ3n) is 5.05. The minimum absolute atomic E-state index is 0. The molecule has 2 N–H and O–H groups in total. The van der Waals surface area contributed by atoms with Crippen molar-refractivity contribution >= 4 is 35.9 Å². The second kappa shape index (κ2) is 11.8. The van der Waals surface area contributed by atoms with E-state index in [1.807, 2.05) is 0 Å². The normalized spacial score (nSPS) is 20.7. The van der Waals surface area contributed by atoms with Gasteiger partial charge in [0, 0.05) is 59.1 Å². The molecule has 12 heteroatoms. The summed E-state index contributed by atoms with van der Waals surface area (Å²) in [7, 11) is 1.74. The molecule has 0 aromatic carbocycles. The van der Waals surface area contributed by atoms with Crippen molar-refractivity contribution in [2.24, 2.45) is 10.9 Å². The van der Waals surface area contributed by atoms with E-state index in [2.05, 4.69) is 35.4 Å². The summed E-state index contributed by atoms with van der Waals surface area (Å²) < 4.78 is 43.5. The maximum Gasteiger partial charge on any atom is 0.433 e. The SMILES string of the molecule is CN=C(NCCNc1nccc(C(F)(F)F)n1)N1CCC(CN2CCOCC2)C1.I. The zero-order valence-corrected chi connectivity index (χ0v) is 19.3. The average Bonchev–Trinajstić information content (AvgIpc) is 3.16. The average molecular weight is 543 g/mol. The Morgan fingerprint density at radius 2 is 2.03 bits per heavy atom. The summed E-state index contributed by atoms with van der Waals surface area (Å²) in [5.41, 5.74) is -0.956. The van der Waals surface area contributed by atoms with Gasteiger partial charge >= 0.3 is 6.18 Å². The predicted molar refractivity (Wildman–Crippen MR) is 119 cm³/mol. The van der Waals surface area contributed by atoms with E-state index in [4.69, 9.17) is 4.74 Å². The fourth-order valence-corrected chi connectivity index (χ4v) is 3.61. The summed E-state index contributed by atoms with van der Waals surface area (Å²) in [6.45, 7) is 7.44. The Balaban J connectivity index is 0.00000320. The molecule has 3 rings (SSSR count). The molecule has 0 aliphatic carbocycles. The molecule has 30 heavy (non-hydrogen) atoms. The number of morpholine rings is 1. The van der Waals surface area contributed by atoms with E-state index in [-0.39, 0.29) is 29.9 Å². The summed E-state index contributed by atoms with van der Waals surface area (Å²) >= 11 is 0. The fourth-order valence-electron chi connectivity index (χ4n) is 3.61. The number of nitrogens with zero attached hydrogens (tertiary/aromatic N) is 5. The lowest BCUT2D eigenvalue weighted by atomic mass is 10.1. The van der Waals surface area contributed by atoms with Crippen LogP contribution in [0.2, 0.25) is 0 Å². The maximum atomic E-state index is 12.7. The highest BCUT2D eigenvalue weighted by atomic mass is 127. The van der Waals surface area contributed by atoms with Gasteiger partial charge in [-0.3, -0.25) is 9.89 Å². The van der Waals surface area contributed by atoms with Gasteiger partial charge in [-0.1, -0.05) is 0 Å². The maximum absolute atomic E-state index is 12.7. The molecule has 170 valence electrons. The van der Waals surface area contributed by atoms with E-state index in [1.54, 1.807) is 7.05 Å². The molecular weight excluding hydrogens is 514 g/mol. The first kappa shape index (κ1) is 24.9. The lowest BCUT2D eigenvalue weighted by Crippen LogP contribution is -2.43. The number of halogens is 4. The van der Waals surface area contributed by atoms with Crippen molar-refractivity contribution in [2.75, 3.05) is 71.4 Å². The molecule has 0 saturated carbocycles. The molecule has 0 spiro atoms. The second-order valence-corrected chi connectivity index (χ2v) is 7.18. The number of ether oxygens (including phenoxy) is 1. The first-order valence-corrected chi connectivity index (χ1v) is 9.85. The smallest absolute Gasteiger partial charge is 0.379 e. The van der Waals surface area contributed by atoms with Crippen LogP contribution in [0.25, 0.3) is 0 Å². The summed E-state index contributed by atoms with van der Waals surface area (Å²) in [6, 6.07) is 0.853. The standard InChI is InChI=1S/C18H28F3N7O.HI/c1-22-17(28-7-3-14(13-28)12-27-8-10-29-11-9-27)25-6-5-24-16-23-4-2-15(26-16)18(19,20)21;/h2,4,14H,3,5-13H2,1H3,(H,22,25)(H,23,24,26);1H. The number of rotatable bonds is 6. The molecule has 0 bridgehead atoms. The quantitative estimate of drug-likeness (QED) is 0.245. The van der Waals surface area contributed by atoms with Crippen LogP contribution in [0.3, 0.4) is 0 Å². The van der Waals surface area contributed by atoms with E-state index in [9.17, 15) is 13.2 Å². The van der Waals surface area contributed by atoms with Crippen LogP contribution >= 0.6 is 24.0 Å². The first-order chi connectivity index (χ1) is 14.0. The highest BCUT2D eigenvalue weighted by Crippen LogP contribution is 2.27. The Labute approximate surface area is 191 Å². The van der Waals surface area contributed by atoms with Gasteiger partial charge in [-0.05, 0) is 18.4 Å². The highest BCUT2D eigenvalue weighted by molar-refractivity contribution is 14.0. The van der Waals surface area contributed by atoms with Crippen molar-refractivity contribution in [2.45, 2.75) is 12.6 Å². The second-order valence-electron chi connectivity index (χ2n) is 7.18. The number of alkyl halides is 3. The summed E-state index contributed by atoms with van der Waals surface area (Å²) in [4.78, 5) is 16.3. The third-order valence-corrected chi connectivity index (χ3v) is 5.05. The zero-order valence-electron chi connectivity index (χ0n) is 17.0. The Kier molecular flexibility index (Phi) is 9.81. The molecule has 8 nitrogen and oxygen atoms in total. The van der Waals surface area contributed by atoms with Crippen LogP contribution in [0.4, 0.5) is 19.1 Å². The van der Waals surface area contributed by atoms with Crippen molar-refractivity contribution in [1.29, 1.82) is 0 Å². The molecule has 3 heterocycles. The monoisotopic (exact) mass is 543 g/mol. The summed E-state index contributed by atoms with van der Waals surface area (Å²) in [5, 5.41) is 6.07. The number of hydrogen-bond donors (Lipinski definition) is 2. The molecule has 1 aromatic rings. The van der Waals surface area contributed by atoms with Gasteiger partial charge in [0.05, 0.1) is 13.2 Å². The summed E-state index contributed by atoms with van der Waals surface area (Å²) in [5.74, 6) is 1.37. The lowest BCUT2D eigenvalue weighted by Gasteiger charge is -2.29. The van der Waals surface area contributed by atoms with Crippen molar-refractivity contribution in [3.05, 3.63) is 18.0 Å². The minimum Gasteiger partial charge on any atom is -0.379 e. The topological polar surface area (TPSA) is 77.9 Å². The Hall–Kier alpha value is -1.41. The molecule has 1 unspecified atom stereocenters. The van der Waals surface area contributed by atoms with Crippen LogP contribution in [0.1, 0.15) is 12.1 Å². The molecule has 0 radical (unpaired) electrons. The van der Waals surface area contributed by atoms with Crippen LogP contribution in [-0.4, -0.2) is 91.8 Å². The number of nitrogens with one attached hydrogen (secondary N) is 2. The zero-order chi connectivity index (χ0) is 20.7. The molecule has 2 saturated heterocycles. The molecule has 1 aromatic heterocycles. The van der Waals surface area contributed by atoms with E-state index in [1.165, 1.54) is 0 Å². The van der Waals surface area contributed by atoms with Gasteiger partial charge in [0.1, 0.15) is 5.69 Å². The Bertz CT molecular complexity index is 686. The summed E-state index contributed by atoms with van der Waals surface area (Å²) in [6.07, 6.45) is -2.26. The van der Waals surface area contributed by atoms with E-state index in [0.717, 1.165) is 70.6 Å². The number of likely N-dealkylation sites (tertiary alicyclic amines) is 1. The lowest BCUT2D eigenvalue weighted by molar-refractivity contribution is -0.141. The van der Waals surface area contributed by atoms with Gasteiger partial charge in [-0.2, -0.15) is 13.2 Å². The van der Waals surface area contributed by atoms with Crippen molar-refractivity contribution < 1.29 is 17.9 Å². The van der Waals surface area contributed by atoms with Gasteiger partial charge in [-0.25, -0.2) is 9.97 Å². The van der Waals surface area contributed by atoms with Gasteiger partial charge in [0.25, 0.3) is 0 Å². The number of anilines is 1. The van der Waals surface area contributed by atoms with Crippen LogP contribution in [0, 0.1) is 5.92 Å². The van der Waals surface area contributed by atoms with Crippen molar-refractivity contribution in [3.8, 4) is 0 Å². The fraction of sp³-hybridized carbons (Fsp3) is 0.722. The molecule has 2 aliphatic rings. The molecule has 0 amide bonds. The van der Waals surface area contributed by atoms with Crippen LogP contribution in [-0.2, 0) is 10.9 Å². The van der Waals surface area contributed by atoms with E-state index >= 15 is 0 Å². The highest BCUT2D eigenvalue weighted by Gasteiger charge is 2.32. The predicted octanol–water partition coefficient (Wildman–Crippen LogP) is 1.75. The third kappa shape index (κ3) is 7.38. The van der Waals surface area contributed by atoms with E-state index < -0.39 is 11.9 Å². The largest absolute Gasteiger partial charge is 0.433 e. The van der Waals surface area contributed by atoms with Crippen LogP contribution < -0.4 is 10.6 Å². The van der Waals surface area contributed by atoms with Gasteiger partial charge in [0.15, 0.2) is 5.96 Å².